The molecule has 3 amide bonds. The minimum Gasteiger partial charge on any atom is -0.481 e. The molecule has 120 valence electrons. The normalized spacial score (nSPS) is 17.1. The Morgan fingerprint density at radius 1 is 1.19 bits per heavy atom. The molecule has 0 saturated heterocycles. The highest BCUT2D eigenvalue weighted by Crippen LogP contribution is 2.32. The number of nitrogens with one attached hydrogen (secondary N) is 3. The van der Waals surface area contributed by atoms with E-state index in [2.05, 4.69) is 16.0 Å². The number of hydrogen-bond acceptors (Lipinski definition) is 3. The smallest absolute Gasteiger partial charge is 0.315 e. The van der Waals surface area contributed by atoms with Gasteiger partial charge in [-0.3, -0.25) is 9.59 Å². The van der Waals surface area contributed by atoms with E-state index in [4.69, 9.17) is 5.11 Å². The van der Waals surface area contributed by atoms with E-state index in [-0.39, 0.29) is 18.9 Å². The Morgan fingerprint density at radius 2 is 1.76 bits per heavy atom. The maximum atomic E-state index is 12.0. The Bertz CT molecular complexity index is 414. The average molecular weight is 299 g/mol. The summed E-state index contributed by atoms with van der Waals surface area (Å²) in [5, 5.41) is 17.0. The number of urea groups is 1. The molecular weight excluding hydrogens is 274 g/mol. The molecule has 0 aromatic heterocycles. The molecule has 0 aromatic carbocycles. The standard InChI is InChI=1S/C14H25N3O4/c1-13(2,11(20)15-3)9-16-12(21)17-14(8-10(18)19)6-4-5-7-14/h4-9H2,1-3H3,(H,15,20)(H,18,19)(H2,16,17,21). The minimum absolute atomic E-state index is 0.0702. The van der Waals surface area contributed by atoms with Gasteiger partial charge in [-0.15, -0.1) is 0 Å². The highest BCUT2D eigenvalue weighted by Gasteiger charge is 2.38. The quantitative estimate of drug-likeness (QED) is 0.583. The maximum Gasteiger partial charge on any atom is 0.315 e. The third-order valence-electron chi connectivity index (χ3n) is 3.96. The van der Waals surface area contributed by atoms with Gasteiger partial charge < -0.3 is 21.1 Å². The van der Waals surface area contributed by atoms with Gasteiger partial charge in [0, 0.05) is 13.6 Å². The number of carbonyl (C=O) groups is 3. The van der Waals surface area contributed by atoms with E-state index >= 15 is 0 Å². The van der Waals surface area contributed by atoms with Crippen molar-refractivity contribution in [2.75, 3.05) is 13.6 Å². The summed E-state index contributed by atoms with van der Waals surface area (Å²) in [5.74, 6) is -1.08. The monoisotopic (exact) mass is 299 g/mol. The fourth-order valence-corrected chi connectivity index (χ4v) is 2.69. The van der Waals surface area contributed by atoms with Crippen molar-refractivity contribution >= 4 is 17.9 Å². The second-order valence-corrected chi connectivity index (χ2v) is 6.33. The number of aliphatic carboxylic acids is 1. The molecule has 21 heavy (non-hydrogen) atoms. The lowest BCUT2D eigenvalue weighted by molar-refractivity contribution is -0.138. The Labute approximate surface area is 124 Å². The van der Waals surface area contributed by atoms with E-state index in [1.165, 1.54) is 0 Å². The van der Waals surface area contributed by atoms with E-state index < -0.39 is 23.0 Å². The van der Waals surface area contributed by atoms with E-state index in [1.54, 1.807) is 20.9 Å². The Kier molecular flexibility index (Phi) is 5.57. The number of rotatable bonds is 6. The van der Waals surface area contributed by atoms with E-state index in [0.717, 1.165) is 12.8 Å². The summed E-state index contributed by atoms with van der Waals surface area (Å²) in [6, 6.07) is -0.421. The number of carboxylic acids is 1. The lowest BCUT2D eigenvalue weighted by atomic mass is 9.92. The molecular formula is C14H25N3O4. The molecule has 0 heterocycles. The summed E-state index contributed by atoms with van der Waals surface area (Å²) in [7, 11) is 1.55. The third kappa shape index (κ3) is 4.91. The van der Waals surface area contributed by atoms with Gasteiger partial charge in [-0.25, -0.2) is 4.79 Å². The number of amides is 3. The van der Waals surface area contributed by atoms with Gasteiger partial charge in [0.2, 0.25) is 5.91 Å². The van der Waals surface area contributed by atoms with Crippen molar-refractivity contribution in [3.8, 4) is 0 Å². The van der Waals surface area contributed by atoms with Crippen LogP contribution in [0.1, 0.15) is 46.0 Å². The van der Waals surface area contributed by atoms with Gasteiger partial charge in [0.15, 0.2) is 0 Å². The van der Waals surface area contributed by atoms with Crippen molar-refractivity contribution in [2.24, 2.45) is 5.41 Å². The molecule has 0 unspecified atom stereocenters. The number of carboxylic acid groups (broad SMARTS) is 1. The second-order valence-electron chi connectivity index (χ2n) is 6.33. The molecule has 4 N–H and O–H groups in total. The Morgan fingerprint density at radius 3 is 2.24 bits per heavy atom. The van der Waals surface area contributed by atoms with E-state index in [9.17, 15) is 14.4 Å². The molecule has 7 nitrogen and oxygen atoms in total. The summed E-state index contributed by atoms with van der Waals surface area (Å²) >= 11 is 0. The highest BCUT2D eigenvalue weighted by molar-refractivity contribution is 5.83. The van der Waals surface area contributed by atoms with Gasteiger partial charge in [-0.05, 0) is 26.7 Å². The van der Waals surface area contributed by atoms with Crippen LogP contribution in [0.2, 0.25) is 0 Å². The molecule has 1 rings (SSSR count). The Balaban J connectivity index is 2.55. The molecule has 0 spiro atoms. The lowest BCUT2D eigenvalue weighted by Gasteiger charge is -2.30. The van der Waals surface area contributed by atoms with Crippen LogP contribution < -0.4 is 16.0 Å². The van der Waals surface area contributed by atoms with Gasteiger partial charge in [-0.1, -0.05) is 12.8 Å². The van der Waals surface area contributed by atoms with Crippen LogP contribution in [0.5, 0.6) is 0 Å². The second kappa shape index (κ2) is 6.78. The SMILES string of the molecule is CNC(=O)C(C)(C)CNC(=O)NC1(CC(=O)O)CCCC1. The van der Waals surface area contributed by atoms with Crippen LogP contribution in [0.15, 0.2) is 0 Å². The van der Waals surface area contributed by atoms with Crippen molar-refractivity contribution in [2.45, 2.75) is 51.5 Å². The van der Waals surface area contributed by atoms with Gasteiger partial charge in [0.25, 0.3) is 0 Å². The molecule has 1 aliphatic carbocycles. The van der Waals surface area contributed by atoms with Crippen LogP contribution in [0.3, 0.4) is 0 Å². The molecule has 0 radical (unpaired) electrons. The minimum atomic E-state index is -0.914. The van der Waals surface area contributed by atoms with Crippen molar-refractivity contribution < 1.29 is 19.5 Å². The summed E-state index contributed by atoms with van der Waals surface area (Å²) < 4.78 is 0. The molecule has 0 atom stereocenters. The molecule has 0 aromatic rings. The molecule has 0 bridgehead atoms. The first-order chi connectivity index (χ1) is 9.71. The zero-order valence-corrected chi connectivity index (χ0v) is 12.9. The first kappa shape index (κ1) is 17.3. The Hall–Kier alpha value is -1.79. The molecule has 1 saturated carbocycles. The van der Waals surface area contributed by atoms with Gasteiger partial charge >= 0.3 is 12.0 Å². The van der Waals surface area contributed by atoms with Gasteiger partial charge in [0.1, 0.15) is 0 Å². The van der Waals surface area contributed by atoms with E-state index in [1.807, 2.05) is 0 Å². The lowest BCUT2D eigenvalue weighted by Crippen LogP contribution is -2.54. The fraction of sp³-hybridized carbons (Fsp3) is 0.786. The molecule has 0 aliphatic heterocycles. The van der Waals surface area contributed by atoms with Crippen molar-refractivity contribution in [3.63, 3.8) is 0 Å². The first-order valence-electron chi connectivity index (χ1n) is 7.21. The summed E-state index contributed by atoms with van der Waals surface area (Å²) in [5.41, 5.74) is -1.38. The summed E-state index contributed by atoms with van der Waals surface area (Å²) in [6.07, 6.45) is 3.10. The van der Waals surface area contributed by atoms with Crippen LogP contribution in [-0.2, 0) is 9.59 Å². The zero-order chi connectivity index (χ0) is 16.1. The van der Waals surface area contributed by atoms with E-state index in [0.29, 0.717) is 12.8 Å². The third-order valence-corrected chi connectivity index (χ3v) is 3.96. The average Bonchev–Trinajstić information content (AvgIpc) is 2.82. The van der Waals surface area contributed by atoms with Crippen molar-refractivity contribution in [3.05, 3.63) is 0 Å². The van der Waals surface area contributed by atoms with Crippen molar-refractivity contribution in [1.29, 1.82) is 0 Å². The van der Waals surface area contributed by atoms with Crippen LogP contribution in [0.25, 0.3) is 0 Å². The molecule has 1 aliphatic rings. The zero-order valence-electron chi connectivity index (χ0n) is 12.9. The van der Waals surface area contributed by atoms with Crippen LogP contribution in [-0.4, -0.2) is 42.1 Å². The molecule has 7 heteroatoms. The van der Waals surface area contributed by atoms with Gasteiger partial charge in [0.05, 0.1) is 17.4 Å². The van der Waals surface area contributed by atoms with Crippen LogP contribution in [0.4, 0.5) is 4.79 Å². The predicted octanol–water partition coefficient (Wildman–Crippen LogP) is 0.845. The highest BCUT2D eigenvalue weighted by atomic mass is 16.4. The summed E-state index contributed by atoms with van der Waals surface area (Å²) in [4.78, 5) is 34.6. The van der Waals surface area contributed by atoms with Crippen molar-refractivity contribution in [1.82, 2.24) is 16.0 Å². The number of hydrogen-bond donors (Lipinski definition) is 4. The number of carbonyl (C=O) groups excluding carboxylic acids is 2. The van der Waals surface area contributed by atoms with Crippen LogP contribution >= 0.6 is 0 Å². The summed E-state index contributed by atoms with van der Waals surface area (Å²) in [6.45, 7) is 3.64. The maximum absolute atomic E-state index is 12.0. The first-order valence-corrected chi connectivity index (χ1v) is 7.21. The predicted molar refractivity (Wildman–Crippen MR) is 77.8 cm³/mol. The molecule has 1 fully saturated rings. The topological polar surface area (TPSA) is 108 Å². The van der Waals surface area contributed by atoms with Crippen LogP contribution in [0, 0.1) is 5.41 Å². The largest absolute Gasteiger partial charge is 0.481 e. The fourth-order valence-electron chi connectivity index (χ4n) is 2.69. The van der Waals surface area contributed by atoms with Gasteiger partial charge in [-0.2, -0.15) is 0 Å².